The standard InChI is InChI=1S/C11H18NO2P/c1-3-4-9-12(2)10-5-7-11(8-6-10)15(13)14/h5-8,13-14H,3-4,9H2,1-2H3. The van der Waals surface area contributed by atoms with Crippen LogP contribution in [0.5, 0.6) is 0 Å². The minimum absolute atomic E-state index is 0.595. The van der Waals surface area contributed by atoms with Crippen molar-refractivity contribution in [3.8, 4) is 0 Å². The van der Waals surface area contributed by atoms with Crippen LogP contribution in [0.3, 0.4) is 0 Å². The highest BCUT2D eigenvalue weighted by atomic mass is 31.2. The number of rotatable bonds is 5. The number of hydrogen-bond acceptors (Lipinski definition) is 3. The molecule has 0 saturated carbocycles. The molecule has 1 aromatic carbocycles. The lowest BCUT2D eigenvalue weighted by Crippen LogP contribution is -2.18. The molecule has 0 heterocycles. The fraction of sp³-hybridized carbons (Fsp3) is 0.455. The maximum Gasteiger partial charge on any atom is 0.199 e. The molecule has 0 aliphatic carbocycles. The lowest BCUT2D eigenvalue weighted by atomic mass is 10.2. The molecule has 0 spiro atoms. The Bertz CT molecular complexity index is 287. The summed E-state index contributed by atoms with van der Waals surface area (Å²) in [7, 11) is 0.0903. The molecule has 4 heteroatoms. The van der Waals surface area contributed by atoms with Crippen LogP contribution in [-0.2, 0) is 0 Å². The Kier molecular flexibility index (Phi) is 5.03. The quantitative estimate of drug-likeness (QED) is 0.754. The van der Waals surface area contributed by atoms with Crippen molar-refractivity contribution in [2.24, 2.45) is 0 Å². The molecule has 2 N–H and O–H groups in total. The van der Waals surface area contributed by atoms with E-state index in [4.69, 9.17) is 9.79 Å². The Labute approximate surface area is 92.3 Å². The van der Waals surface area contributed by atoms with Gasteiger partial charge in [0, 0.05) is 24.6 Å². The van der Waals surface area contributed by atoms with E-state index in [1.807, 2.05) is 19.2 Å². The van der Waals surface area contributed by atoms with Crippen LogP contribution in [0.4, 0.5) is 5.69 Å². The average Bonchev–Trinajstić information content (AvgIpc) is 2.26. The molecule has 0 amide bonds. The lowest BCUT2D eigenvalue weighted by Gasteiger charge is -2.19. The molecule has 0 atom stereocenters. The Balaban J connectivity index is 2.62. The molecule has 0 aliphatic rings. The minimum atomic E-state index is -1.96. The van der Waals surface area contributed by atoms with Crippen molar-refractivity contribution >= 4 is 19.4 Å². The van der Waals surface area contributed by atoms with Gasteiger partial charge in [0.25, 0.3) is 0 Å². The summed E-state index contributed by atoms with van der Waals surface area (Å²) in [6.45, 7) is 3.20. The monoisotopic (exact) mass is 227 g/mol. The highest BCUT2D eigenvalue weighted by Crippen LogP contribution is 2.23. The summed E-state index contributed by atoms with van der Waals surface area (Å²) in [5.41, 5.74) is 1.11. The number of hydrogen-bond donors (Lipinski definition) is 2. The van der Waals surface area contributed by atoms with Crippen molar-refractivity contribution in [1.29, 1.82) is 0 Å². The van der Waals surface area contributed by atoms with Gasteiger partial charge in [0.2, 0.25) is 0 Å². The number of unbranched alkanes of at least 4 members (excludes halogenated alkanes) is 1. The van der Waals surface area contributed by atoms with Crippen molar-refractivity contribution in [3.63, 3.8) is 0 Å². The Morgan fingerprint density at radius 3 is 2.27 bits per heavy atom. The number of nitrogens with zero attached hydrogens (tertiary/aromatic N) is 1. The second-order valence-corrected chi connectivity index (χ2v) is 4.68. The van der Waals surface area contributed by atoms with Crippen LogP contribution in [0.25, 0.3) is 0 Å². The summed E-state index contributed by atoms with van der Waals surface area (Å²) in [6.07, 6.45) is 2.35. The van der Waals surface area contributed by atoms with Crippen molar-refractivity contribution in [3.05, 3.63) is 24.3 Å². The highest BCUT2D eigenvalue weighted by molar-refractivity contribution is 7.54. The van der Waals surface area contributed by atoms with Gasteiger partial charge in [0.1, 0.15) is 0 Å². The van der Waals surface area contributed by atoms with E-state index in [1.165, 1.54) is 12.8 Å². The Hall–Kier alpha value is -0.630. The largest absolute Gasteiger partial charge is 0.375 e. The van der Waals surface area contributed by atoms with Crippen LogP contribution in [0.1, 0.15) is 19.8 Å². The maximum absolute atomic E-state index is 9.00. The topological polar surface area (TPSA) is 43.7 Å². The number of anilines is 1. The van der Waals surface area contributed by atoms with Crippen molar-refractivity contribution in [2.45, 2.75) is 19.8 Å². The third-order valence-corrected chi connectivity index (χ3v) is 3.13. The summed E-state index contributed by atoms with van der Waals surface area (Å²) >= 11 is 0. The van der Waals surface area contributed by atoms with Crippen molar-refractivity contribution < 1.29 is 9.79 Å². The second-order valence-electron chi connectivity index (χ2n) is 3.58. The van der Waals surface area contributed by atoms with E-state index < -0.39 is 8.38 Å². The van der Waals surface area contributed by atoms with E-state index in [0.29, 0.717) is 5.30 Å². The van der Waals surface area contributed by atoms with Gasteiger partial charge >= 0.3 is 0 Å². The van der Waals surface area contributed by atoms with E-state index in [9.17, 15) is 0 Å². The summed E-state index contributed by atoms with van der Waals surface area (Å²) < 4.78 is 0. The average molecular weight is 227 g/mol. The van der Waals surface area contributed by atoms with Crippen LogP contribution in [0.15, 0.2) is 24.3 Å². The van der Waals surface area contributed by atoms with E-state index in [1.54, 1.807) is 12.1 Å². The fourth-order valence-corrected chi connectivity index (χ4v) is 1.78. The van der Waals surface area contributed by atoms with E-state index in [2.05, 4.69) is 11.8 Å². The molecule has 0 fully saturated rings. The van der Waals surface area contributed by atoms with Gasteiger partial charge in [-0.15, -0.1) is 0 Å². The van der Waals surface area contributed by atoms with Crippen LogP contribution in [-0.4, -0.2) is 23.4 Å². The van der Waals surface area contributed by atoms with Crippen LogP contribution < -0.4 is 10.2 Å². The van der Waals surface area contributed by atoms with E-state index in [-0.39, 0.29) is 0 Å². The third-order valence-electron chi connectivity index (χ3n) is 2.37. The minimum Gasteiger partial charge on any atom is -0.375 e. The zero-order valence-electron chi connectivity index (χ0n) is 9.22. The van der Waals surface area contributed by atoms with E-state index in [0.717, 1.165) is 12.2 Å². The van der Waals surface area contributed by atoms with Crippen molar-refractivity contribution in [2.75, 3.05) is 18.5 Å². The zero-order chi connectivity index (χ0) is 11.3. The van der Waals surface area contributed by atoms with Crippen molar-refractivity contribution in [1.82, 2.24) is 0 Å². The lowest BCUT2D eigenvalue weighted by molar-refractivity contribution is 0.497. The first-order valence-corrected chi connectivity index (χ1v) is 6.39. The SMILES string of the molecule is CCCCN(C)c1ccc(P(O)O)cc1. The van der Waals surface area contributed by atoms with Gasteiger partial charge in [-0.1, -0.05) is 13.3 Å². The third kappa shape index (κ3) is 3.78. The van der Waals surface area contributed by atoms with Gasteiger partial charge in [-0.05, 0) is 30.7 Å². The first-order valence-electron chi connectivity index (χ1n) is 5.14. The molecule has 0 saturated heterocycles. The molecule has 1 aromatic rings. The predicted molar refractivity (Wildman–Crippen MR) is 65.6 cm³/mol. The molecule has 15 heavy (non-hydrogen) atoms. The summed E-state index contributed by atoms with van der Waals surface area (Å²) in [4.78, 5) is 20.2. The molecule has 0 unspecified atom stereocenters. The number of benzene rings is 1. The predicted octanol–water partition coefficient (Wildman–Crippen LogP) is 1.84. The van der Waals surface area contributed by atoms with Crippen LogP contribution in [0, 0.1) is 0 Å². The molecule has 84 valence electrons. The van der Waals surface area contributed by atoms with Gasteiger partial charge in [-0.2, -0.15) is 0 Å². The molecule has 0 radical (unpaired) electrons. The first-order chi connectivity index (χ1) is 7.15. The molecular weight excluding hydrogens is 209 g/mol. The molecule has 1 rings (SSSR count). The summed E-state index contributed by atoms with van der Waals surface area (Å²) in [6, 6.07) is 7.38. The van der Waals surface area contributed by atoms with Crippen LogP contribution in [0.2, 0.25) is 0 Å². The van der Waals surface area contributed by atoms with Gasteiger partial charge < -0.3 is 14.7 Å². The van der Waals surface area contributed by atoms with Gasteiger partial charge in [0.15, 0.2) is 8.38 Å². The first kappa shape index (κ1) is 12.4. The Morgan fingerprint density at radius 1 is 1.20 bits per heavy atom. The maximum atomic E-state index is 9.00. The molecule has 0 aliphatic heterocycles. The Morgan fingerprint density at radius 2 is 1.80 bits per heavy atom. The smallest absolute Gasteiger partial charge is 0.199 e. The summed E-state index contributed by atoms with van der Waals surface area (Å²) in [5, 5.41) is 0.595. The molecule has 0 aromatic heterocycles. The van der Waals surface area contributed by atoms with E-state index >= 15 is 0 Å². The molecular formula is C11H18NO2P. The van der Waals surface area contributed by atoms with Gasteiger partial charge in [0.05, 0.1) is 0 Å². The molecule has 3 nitrogen and oxygen atoms in total. The van der Waals surface area contributed by atoms with Gasteiger partial charge in [-0.3, -0.25) is 0 Å². The van der Waals surface area contributed by atoms with Crippen LogP contribution >= 0.6 is 8.38 Å². The second kappa shape index (κ2) is 6.06. The van der Waals surface area contributed by atoms with Gasteiger partial charge in [-0.25, -0.2) is 0 Å². The summed E-state index contributed by atoms with van der Waals surface area (Å²) in [5.74, 6) is 0. The fourth-order valence-electron chi connectivity index (χ4n) is 1.36. The molecule has 0 bridgehead atoms. The normalized spacial score (nSPS) is 10.7. The zero-order valence-corrected chi connectivity index (χ0v) is 10.1. The highest BCUT2D eigenvalue weighted by Gasteiger charge is 2.04.